The first-order valence-corrected chi connectivity index (χ1v) is 12.9. The molecule has 0 bridgehead atoms. The van der Waals surface area contributed by atoms with Crippen molar-refractivity contribution in [1.29, 1.82) is 0 Å². The lowest BCUT2D eigenvalue weighted by atomic mass is 10.1. The number of aromatic nitrogens is 5. The Labute approximate surface area is 216 Å². The number of carboxylic acids is 1. The molecule has 5 rings (SSSR count). The Bertz CT molecular complexity index is 1700. The fourth-order valence-corrected chi connectivity index (χ4v) is 4.70. The van der Waals surface area contributed by atoms with Crippen LogP contribution in [-0.2, 0) is 18.8 Å². The van der Waals surface area contributed by atoms with Gasteiger partial charge in [0.2, 0.25) is 0 Å². The number of nitrogens with one attached hydrogen (secondary N) is 1. The standard InChI is InChI=1S/C24H21N5O5S.C2H6/c1-3-28-18(12-35-24-25-16-9-8-15(22(31)32)10-17(16)34-24)26-20-19(28)21(30)27-23(33)29(20)11-14-6-4-13(2)5-7-14;1-2/h4-10H,3,11-12H2,1-2H3,(H,31,32)(H,27,30,33);1-2H3. The Morgan fingerprint density at radius 2 is 1.81 bits per heavy atom. The summed E-state index contributed by atoms with van der Waals surface area (Å²) in [7, 11) is 0. The van der Waals surface area contributed by atoms with Gasteiger partial charge >= 0.3 is 11.7 Å². The van der Waals surface area contributed by atoms with Crippen molar-refractivity contribution in [1.82, 2.24) is 24.1 Å². The molecule has 3 heterocycles. The number of hydrogen-bond acceptors (Lipinski definition) is 7. The molecule has 0 fully saturated rings. The van der Waals surface area contributed by atoms with Crippen LogP contribution in [0.4, 0.5) is 0 Å². The maximum atomic E-state index is 12.7. The highest BCUT2D eigenvalue weighted by Crippen LogP contribution is 2.27. The molecule has 0 amide bonds. The van der Waals surface area contributed by atoms with Gasteiger partial charge in [0.05, 0.1) is 17.9 Å². The molecule has 0 aliphatic heterocycles. The van der Waals surface area contributed by atoms with Gasteiger partial charge in [0, 0.05) is 6.54 Å². The molecule has 0 saturated carbocycles. The summed E-state index contributed by atoms with van der Waals surface area (Å²) in [5, 5.41) is 9.52. The lowest BCUT2D eigenvalue weighted by molar-refractivity contribution is 0.0697. The first-order chi connectivity index (χ1) is 17.8. The summed E-state index contributed by atoms with van der Waals surface area (Å²) in [6, 6.07) is 12.3. The minimum Gasteiger partial charge on any atom is -0.478 e. The molecule has 192 valence electrons. The zero-order valence-electron chi connectivity index (χ0n) is 20.9. The van der Waals surface area contributed by atoms with Crippen LogP contribution in [0.1, 0.15) is 48.1 Å². The van der Waals surface area contributed by atoms with Crippen LogP contribution in [0.25, 0.3) is 22.3 Å². The van der Waals surface area contributed by atoms with Gasteiger partial charge in [-0.2, -0.15) is 0 Å². The summed E-state index contributed by atoms with van der Waals surface area (Å²) in [6.07, 6.45) is 0. The van der Waals surface area contributed by atoms with E-state index in [-0.39, 0.29) is 12.1 Å². The van der Waals surface area contributed by atoms with E-state index in [1.54, 1.807) is 10.6 Å². The van der Waals surface area contributed by atoms with Gasteiger partial charge in [-0.05, 0) is 37.6 Å². The molecule has 0 unspecified atom stereocenters. The second-order valence-electron chi connectivity index (χ2n) is 8.03. The maximum Gasteiger partial charge on any atom is 0.335 e. The van der Waals surface area contributed by atoms with Crippen molar-refractivity contribution in [2.24, 2.45) is 0 Å². The molecule has 37 heavy (non-hydrogen) atoms. The third kappa shape index (κ3) is 5.21. The number of hydrogen-bond donors (Lipinski definition) is 2. The number of aryl methyl sites for hydroxylation is 2. The topological polar surface area (TPSA) is 136 Å². The van der Waals surface area contributed by atoms with Crippen LogP contribution < -0.4 is 11.2 Å². The van der Waals surface area contributed by atoms with E-state index in [0.29, 0.717) is 45.6 Å². The van der Waals surface area contributed by atoms with Crippen molar-refractivity contribution in [3.8, 4) is 0 Å². The number of thioether (sulfide) groups is 1. The second kappa shape index (κ2) is 10.9. The van der Waals surface area contributed by atoms with E-state index in [0.717, 1.165) is 11.1 Å². The molecule has 0 spiro atoms. The van der Waals surface area contributed by atoms with E-state index in [1.165, 1.54) is 28.5 Å². The molecule has 0 aliphatic carbocycles. The summed E-state index contributed by atoms with van der Waals surface area (Å²) in [4.78, 5) is 48.0. The van der Waals surface area contributed by atoms with Gasteiger partial charge in [-0.1, -0.05) is 55.4 Å². The van der Waals surface area contributed by atoms with Gasteiger partial charge in [0.15, 0.2) is 16.7 Å². The van der Waals surface area contributed by atoms with Crippen molar-refractivity contribution < 1.29 is 14.3 Å². The van der Waals surface area contributed by atoms with Crippen molar-refractivity contribution in [2.45, 2.75) is 51.8 Å². The molecule has 0 saturated heterocycles. The van der Waals surface area contributed by atoms with Gasteiger partial charge in [0.25, 0.3) is 10.8 Å². The minimum atomic E-state index is -1.05. The smallest absolute Gasteiger partial charge is 0.335 e. The molecule has 10 nitrogen and oxygen atoms in total. The number of carboxylic acid groups (broad SMARTS) is 1. The van der Waals surface area contributed by atoms with Gasteiger partial charge in [-0.3, -0.25) is 14.3 Å². The number of aromatic carboxylic acids is 1. The first kappa shape index (κ1) is 26.0. The number of fused-ring (bicyclic) bond motifs is 2. The van der Waals surface area contributed by atoms with Gasteiger partial charge in [0.1, 0.15) is 11.3 Å². The monoisotopic (exact) mass is 521 g/mol. The Morgan fingerprint density at radius 1 is 1.08 bits per heavy atom. The molecular weight excluding hydrogens is 494 g/mol. The third-order valence-corrected chi connectivity index (χ3v) is 6.51. The van der Waals surface area contributed by atoms with Crippen LogP contribution in [0.3, 0.4) is 0 Å². The molecular formula is C26H27N5O5S. The molecule has 0 aliphatic rings. The molecule has 11 heteroatoms. The zero-order valence-corrected chi connectivity index (χ0v) is 21.8. The number of H-pyrrole nitrogens is 1. The van der Waals surface area contributed by atoms with Crippen LogP contribution in [0, 0.1) is 6.92 Å². The summed E-state index contributed by atoms with van der Waals surface area (Å²) in [5.41, 5.74) is 2.71. The number of rotatable bonds is 7. The highest BCUT2D eigenvalue weighted by atomic mass is 32.2. The average Bonchev–Trinajstić information content (AvgIpc) is 3.48. The van der Waals surface area contributed by atoms with Gasteiger partial charge in [-0.25, -0.2) is 19.6 Å². The lowest BCUT2D eigenvalue weighted by Crippen LogP contribution is -2.31. The van der Waals surface area contributed by atoms with Crippen molar-refractivity contribution in [3.63, 3.8) is 0 Å². The van der Waals surface area contributed by atoms with Gasteiger partial charge < -0.3 is 14.1 Å². The van der Waals surface area contributed by atoms with Crippen LogP contribution in [0.5, 0.6) is 0 Å². The van der Waals surface area contributed by atoms with E-state index < -0.39 is 17.2 Å². The predicted octanol–water partition coefficient (Wildman–Crippen LogP) is 4.42. The largest absolute Gasteiger partial charge is 0.478 e. The Morgan fingerprint density at radius 3 is 2.49 bits per heavy atom. The van der Waals surface area contributed by atoms with Crippen molar-refractivity contribution in [2.75, 3.05) is 0 Å². The molecule has 0 atom stereocenters. The number of oxazole rings is 1. The number of aromatic amines is 1. The Hall–Kier alpha value is -4.12. The second-order valence-corrected chi connectivity index (χ2v) is 8.96. The van der Waals surface area contributed by atoms with Crippen LogP contribution in [0.15, 0.2) is 61.7 Å². The molecule has 2 aromatic carbocycles. The van der Waals surface area contributed by atoms with Crippen molar-refractivity contribution in [3.05, 3.63) is 85.8 Å². The predicted molar refractivity (Wildman–Crippen MR) is 142 cm³/mol. The maximum absolute atomic E-state index is 12.7. The van der Waals surface area contributed by atoms with E-state index >= 15 is 0 Å². The SMILES string of the molecule is CC.CCn1c(CSc2nc3ccc(C(=O)O)cc3o2)nc2c1c(=O)[nH]c(=O)n2Cc1ccc(C)cc1. The summed E-state index contributed by atoms with van der Waals surface area (Å²) in [6.45, 7) is 8.64. The quantitative estimate of drug-likeness (QED) is 0.300. The number of imidazole rings is 1. The lowest BCUT2D eigenvalue weighted by Gasteiger charge is -2.07. The summed E-state index contributed by atoms with van der Waals surface area (Å²) >= 11 is 1.27. The number of benzene rings is 2. The van der Waals surface area contributed by atoms with Crippen molar-refractivity contribution >= 4 is 40.0 Å². The van der Waals surface area contributed by atoms with Crippen LogP contribution >= 0.6 is 11.8 Å². The van der Waals surface area contributed by atoms with Crippen LogP contribution in [0.2, 0.25) is 0 Å². The van der Waals surface area contributed by atoms with E-state index in [1.807, 2.05) is 52.0 Å². The van der Waals surface area contributed by atoms with Crippen LogP contribution in [-0.4, -0.2) is 35.2 Å². The normalized spacial score (nSPS) is 11.0. The molecule has 5 aromatic rings. The van der Waals surface area contributed by atoms with E-state index in [4.69, 9.17) is 9.52 Å². The van der Waals surface area contributed by atoms with Gasteiger partial charge in [-0.15, -0.1) is 0 Å². The first-order valence-electron chi connectivity index (χ1n) is 11.9. The zero-order chi connectivity index (χ0) is 26.7. The average molecular weight is 522 g/mol. The highest BCUT2D eigenvalue weighted by molar-refractivity contribution is 7.98. The molecule has 3 aromatic heterocycles. The summed E-state index contributed by atoms with van der Waals surface area (Å²) in [5.74, 6) is -0.120. The number of carbonyl (C=O) groups is 1. The third-order valence-electron chi connectivity index (χ3n) is 5.68. The highest BCUT2D eigenvalue weighted by Gasteiger charge is 2.19. The van der Waals surface area contributed by atoms with E-state index in [2.05, 4.69) is 15.0 Å². The fourth-order valence-electron chi connectivity index (χ4n) is 3.92. The molecule has 2 N–H and O–H groups in total. The summed E-state index contributed by atoms with van der Waals surface area (Å²) < 4.78 is 8.95. The fraction of sp³-hybridized carbons (Fsp3) is 0.269. The Balaban J connectivity index is 0.00000156. The minimum absolute atomic E-state index is 0.115. The number of nitrogens with zero attached hydrogens (tertiary/aromatic N) is 4. The Kier molecular flexibility index (Phi) is 7.63. The molecule has 0 radical (unpaired) electrons. The van der Waals surface area contributed by atoms with E-state index in [9.17, 15) is 14.4 Å².